The zero-order valence-corrected chi connectivity index (χ0v) is 14.2. The zero-order chi connectivity index (χ0) is 15.9. The van der Waals surface area contributed by atoms with Gasteiger partial charge in [0.15, 0.2) is 0 Å². The Balaban J connectivity index is 2.63. The Hall–Kier alpha value is -0.520. The molecular formula is C14H19Cl3N2O2. The minimum absolute atomic E-state index is 0.300. The molecule has 0 aliphatic rings. The van der Waals surface area contributed by atoms with Crippen LogP contribution in [0.4, 0.5) is 0 Å². The van der Waals surface area contributed by atoms with Gasteiger partial charge in [-0.15, -0.1) is 0 Å². The number of hydrogen-bond acceptors (Lipinski definition) is 3. The molecule has 0 spiro atoms. The van der Waals surface area contributed by atoms with Crippen molar-refractivity contribution >= 4 is 40.7 Å². The smallest absolute Gasteiger partial charge is 0.252 e. The zero-order valence-electron chi connectivity index (χ0n) is 12.0. The van der Waals surface area contributed by atoms with E-state index in [0.717, 1.165) is 12.0 Å². The fourth-order valence-electron chi connectivity index (χ4n) is 1.63. The van der Waals surface area contributed by atoms with Gasteiger partial charge in [-0.25, -0.2) is 0 Å². The molecular weight excluding hydrogens is 335 g/mol. The van der Waals surface area contributed by atoms with Crippen molar-refractivity contribution in [3.8, 4) is 0 Å². The van der Waals surface area contributed by atoms with Crippen LogP contribution in [0.5, 0.6) is 0 Å². The summed E-state index contributed by atoms with van der Waals surface area (Å²) in [7, 11) is 1.62. The number of amides is 1. The Morgan fingerprint density at radius 3 is 2.43 bits per heavy atom. The predicted molar refractivity (Wildman–Crippen MR) is 87.2 cm³/mol. The summed E-state index contributed by atoms with van der Waals surface area (Å²) in [6.45, 7) is 3.09. The highest BCUT2D eigenvalue weighted by Gasteiger charge is 2.33. The second-order valence-corrected chi connectivity index (χ2v) is 6.98. The molecule has 0 bridgehead atoms. The van der Waals surface area contributed by atoms with Crippen molar-refractivity contribution in [2.24, 2.45) is 0 Å². The third-order valence-corrected chi connectivity index (χ3v) is 3.44. The van der Waals surface area contributed by atoms with E-state index in [4.69, 9.17) is 39.5 Å². The van der Waals surface area contributed by atoms with Gasteiger partial charge in [0.25, 0.3) is 5.91 Å². The molecule has 0 aliphatic heterocycles. The lowest BCUT2D eigenvalue weighted by Crippen LogP contribution is -2.53. The Bertz CT molecular complexity index is 447. The van der Waals surface area contributed by atoms with Crippen molar-refractivity contribution in [3.05, 3.63) is 35.4 Å². The molecule has 1 rings (SSSR count). The maximum atomic E-state index is 12.2. The molecule has 7 heteroatoms. The number of halogens is 3. The molecule has 0 radical (unpaired) electrons. The monoisotopic (exact) mass is 352 g/mol. The number of alkyl halides is 3. The number of carbonyl (C=O) groups is 1. The van der Waals surface area contributed by atoms with Gasteiger partial charge in [0.2, 0.25) is 3.79 Å². The molecule has 1 amide bonds. The Morgan fingerprint density at radius 2 is 1.90 bits per heavy atom. The van der Waals surface area contributed by atoms with Crippen LogP contribution in [0.25, 0.3) is 0 Å². The number of hydrogen-bond donors (Lipinski definition) is 2. The second kappa shape index (κ2) is 8.81. The van der Waals surface area contributed by atoms with Crippen LogP contribution in [0.1, 0.15) is 22.3 Å². The van der Waals surface area contributed by atoms with Crippen molar-refractivity contribution in [2.75, 3.05) is 20.3 Å². The van der Waals surface area contributed by atoms with Gasteiger partial charge in [-0.2, -0.15) is 0 Å². The van der Waals surface area contributed by atoms with E-state index in [1.807, 2.05) is 19.1 Å². The topological polar surface area (TPSA) is 50.4 Å². The van der Waals surface area contributed by atoms with Gasteiger partial charge >= 0.3 is 0 Å². The Labute approximate surface area is 140 Å². The first-order chi connectivity index (χ1) is 9.84. The lowest BCUT2D eigenvalue weighted by molar-refractivity contribution is 0.0929. The van der Waals surface area contributed by atoms with Crippen molar-refractivity contribution in [3.63, 3.8) is 0 Å². The summed E-state index contributed by atoms with van der Waals surface area (Å²) in [4.78, 5) is 12.2. The number of rotatable bonds is 7. The van der Waals surface area contributed by atoms with Crippen molar-refractivity contribution < 1.29 is 9.53 Å². The first-order valence-corrected chi connectivity index (χ1v) is 7.64. The van der Waals surface area contributed by atoms with E-state index >= 15 is 0 Å². The van der Waals surface area contributed by atoms with Gasteiger partial charge < -0.3 is 10.1 Å². The Morgan fingerprint density at radius 1 is 1.29 bits per heavy atom. The summed E-state index contributed by atoms with van der Waals surface area (Å²) in [5.74, 6) is -0.300. The lowest BCUT2D eigenvalue weighted by Gasteiger charge is -2.26. The maximum Gasteiger partial charge on any atom is 0.252 e. The van der Waals surface area contributed by atoms with E-state index in [1.54, 1.807) is 19.2 Å². The predicted octanol–water partition coefficient (Wildman–Crippen LogP) is 3.05. The highest BCUT2D eigenvalue weighted by molar-refractivity contribution is 6.68. The maximum absolute atomic E-state index is 12.2. The van der Waals surface area contributed by atoms with Gasteiger partial charge in [-0.1, -0.05) is 52.5 Å². The van der Waals surface area contributed by atoms with Crippen LogP contribution in [0, 0.1) is 6.92 Å². The quantitative estimate of drug-likeness (QED) is 0.450. The molecule has 118 valence electrons. The number of carbonyl (C=O) groups excluding carboxylic acids is 1. The molecule has 1 aromatic carbocycles. The minimum atomic E-state index is -1.65. The van der Waals surface area contributed by atoms with Crippen LogP contribution in [-0.4, -0.2) is 36.1 Å². The van der Waals surface area contributed by atoms with E-state index in [9.17, 15) is 4.79 Å². The molecule has 0 heterocycles. The average molecular weight is 354 g/mol. The van der Waals surface area contributed by atoms with Crippen LogP contribution >= 0.6 is 34.8 Å². The van der Waals surface area contributed by atoms with Crippen molar-refractivity contribution in [1.29, 1.82) is 0 Å². The normalized spacial score (nSPS) is 13.0. The van der Waals surface area contributed by atoms with E-state index in [2.05, 4.69) is 10.6 Å². The van der Waals surface area contributed by atoms with Crippen LogP contribution in [0.3, 0.4) is 0 Å². The van der Waals surface area contributed by atoms with Crippen molar-refractivity contribution in [1.82, 2.24) is 10.6 Å². The Kier molecular flexibility index (Phi) is 7.77. The number of benzene rings is 1. The molecule has 0 saturated heterocycles. The minimum Gasteiger partial charge on any atom is -0.385 e. The molecule has 0 fully saturated rings. The van der Waals surface area contributed by atoms with Gasteiger partial charge in [0, 0.05) is 19.3 Å². The number of aryl methyl sites for hydroxylation is 1. The summed E-state index contributed by atoms with van der Waals surface area (Å²) >= 11 is 17.7. The third-order valence-electron chi connectivity index (χ3n) is 2.79. The molecule has 1 aromatic rings. The molecule has 0 aliphatic carbocycles. The van der Waals surface area contributed by atoms with E-state index in [0.29, 0.717) is 18.7 Å². The van der Waals surface area contributed by atoms with Crippen LogP contribution in [-0.2, 0) is 4.74 Å². The van der Waals surface area contributed by atoms with Gasteiger partial charge in [-0.05, 0) is 32.0 Å². The highest BCUT2D eigenvalue weighted by atomic mass is 35.6. The number of ether oxygens (including phenoxy) is 1. The standard InChI is InChI=1S/C14H19Cl3N2O2/c1-10-4-6-11(7-5-10)12(20)19-13(14(15,16)17)18-8-3-9-21-2/h4-7,13,18H,3,8-9H2,1-2H3,(H,19,20)/t13-/m0/s1. The fourth-order valence-corrected chi connectivity index (χ4v) is 2.03. The first-order valence-electron chi connectivity index (χ1n) is 6.51. The molecule has 0 unspecified atom stereocenters. The van der Waals surface area contributed by atoms with Crippen LogP contribution < -0.4 is 10.6 Å². The van der Waals surface area contributed by atoms with Gasteiger partial charge in [-0.3, -0.25) is 10.1 Å². The van der Waals surface area contributed by atoms with Crippen molar-refractivity contribution in [2.45, 2.75) is 23.3 Å². The number of methoxy groups -OCH3 is 1. The molecule has 1 atom stereocenters. The lowest BCUT2D eigenvalue weighted by atomic mass is 10.1. The highest BCUT2D eigenvalue weighted by Crippen LogP contribution is 2.29. The molecule has 0 aromatic heterocycles. The first kappa shape index (κ1) is 18.5. The molecule has 2 N–H and O–H groups in total. The molecule has 21 heavy (non-hydrogen) atoms. The summed E-state index contributed by atoms with van der Waals surface area (Å²) in [5.41, 5.74) is 1.58. The summed E-state index contributed by atoms with van der Waals surface area (Å²) in [5, 5.41) is 5.68. The van der Waals surface area contributed by atoms with Gasteiger partial charge in [0.1, 0.15) is 6.17 Å². The summed E-state index contributed by atoms with van der Waals surface area (Å²) in [6.07, 6.45) is -0.0399. The van der Waals surface area contributed by atoms with E-state index < -0.39 is 9.96 Å². The third kappa shape index (κ3) is 6.85. The molecule has 0 saturated carbocycles. The molecule has 4 nitrogen and oxygen atoms in total. The van der Waals surface area contributed by atoms with Crippen LogP contribution in [0.2, 0.25) is 0 Å². The number of nitrogens with one attached hydrogen (secondary N) is 2. The fraction of sp³-hybridized carbons (Fsp3) is 0.500. The van der Waals surface area contributed by atoms with Gasteiger partial charge in [0.05, 0.1) is 0 Å². The average Bonchev–Trinajstić information content (AvgIpc) is 2.41. The van der Waals surface area contributed by atoms with E-state index in [1.165, 1.54) is 0 Å². The SMILES string of the molecule is COCCCN[C@@H](NC(=O)c1ccc(C)cc1)C(Cl)(Cl)Cl. The summed E-state index contributed by atoms with van der Waals surface area (Å²) in [6, 6.07) is 7.16. The van der Waals surface area contributed by atoms with Crippen LogP contribution in [0.15, 0.2) is 24.3 Å². The van der Waals surface area contributed by atoms with E-state index in [-0.39, 0.29) is 5.91 Å². The summed E-state index contributed by atoms with van der Waals surface area (Å²) < 4.78 is 3.30. The largest absolute Gasteiger partial charge is 0.385 e. The second-order valence-electron chi connectivity index (χ2n) is 4.61.